The number of alkyl halides is 3. The lowest BCUT2D eigenvalue weighted by Gasteiger charge is -2.10. The molecule has 6 nitrogen and oxygen atoms in total. The Labute approximate surface area is 152 Å². The van der Waals surface area contributed by atoms with Gasteiger partial charge in [0, 0.05) is 18.2 Å². The average Bonchev–Trinajstić information content (AvgIpc) is 2.92. The van der Waals surface area contributed by atoms with E-state index >= 15 is 0 Å². The molecule has 0 fully saturated rings. The van der Waals surface area contributed by atoms with E-state index in [1.54, 1.807) is 6.07 Å². The molecule has 0 unspecified atom stereocenters. The van der Waals surface area contributed by atoms with Crippen molar-refractivity contribution in [1.82, 2.24) is 19.7 Å². The summed E-state index contributed by atoms with van der Waals surface area (Å²) in [6.07, 6.45) is -4.43. The maximum atomic E-state index is 12.9. The first-order valence-corrected chi connectivity index (χ1v) is 8.01. The van der Waals surface area contributed by atoms with Crippen LogP contribution in [-0.2, 0) is 12.6 Å². The van der Waals surface area contributed by atoms with Gasteiger partial charge in [-0.2, -0.15) is 18.3 Å². The zero-order valence-electron chi connectivity index (χ0n) is 14.6. The topological polar surface area (TPSA) is 86.7 Å². The molecule has 0 radical (unpaired) electrons. The predicted molar refractivity (Wildman–Crippen MR) is 91.4 cm³/mol. The van der Waals surface area contributed by atoms with Crippen molar-refractivity contribution in [3.05, 3.63) is 70.4 Å². The van der Waals surface area contributed by atoms with Crippen LogP contribution in [0.25, 0.3) is 5.82 Å². The van der Waals surface area contributed by atoms with Gasteiger partial charge in [-0.3, -0.25) is 4.79 Å². The molecule has 0 saturated carbocycles. The van der Waals surface area contributed by atoms with E-state index in [1.165, 1.54) is 16.8 Å². The van der Waals surface area contributed by atoms with Crippen molar-refractivity contribution in [2.45, 2.75) is 26.4 Å². The van der Waals surface area contributed by atoms with Gasteiger partial charge in [0.15, 0.2) is 5.82 Å². The quantitative estimate of drug-likeness (QED) is 0.760. The van der Waals surface area contributed by atoms with Gasteiger partial charge in [0.2, 0.25) is 0 Å². The van der Waals surface area contributed by atoms with E-state index in [9.17, 15) is 18.0 Å². The molecule has 0 saturated heterocycles. The van der Waals surface area contributed by atoms with Crippen LogP contribution in [0.4, 0.5) is 13.2 Å². The average molecular weight is 375 g/mol. The molecular formula is C18H16F3N5O. The van der Waals surface area contributed by atoms with Crippen LogP contribution in [0, 0.1) is 13.8 Å². The maximum Gasteiger partial charge on any atom is 0.416 e. The third kappa shape index (κ3) is 4.13. The fraction of sp³-hybridized carbons (Fsp3) is 0.222. The summed E-state index contributed by atoms with van der Waals surface area (Å²) < 4.78 is 40.2. The Morgan fingerprint density at radius 3 is 2.48 bits per heavy atom. The number of carbonyl (C=O) groups is 1. The molecule has 0 aliphatic carbocycles. The molecule has 140 valence electrons. The number of aryl methyl sites for hydroxylation is 2. The summed E-state index contributed by atoms with van der Waals surface area (Å²) in [5, 5.41) is 4.30. The molecule has 2 aromatic heterocycles. The van der Waals surface area contributed by atoms with Crippen molar-refractivity contribution >= 4 is 5.91 Å². The van der Waals surface area contributed by atoms with Gasteiger partial charge < -0.3 is 5.73 Å². The van der Waals surface area contributed by atoms with E-state index in [0.717, 1.165) is 23.5 Å². The first-order valence-electron chi connectivity index (χ1n) is 8.01. The number of aromatic nitrogens is 4. The van der Waals surface area contributed by atoms with E-state index in [0.29, 0.717) is 11.4 Å². The summed E-state index contributed by atoms with van der Waals surface area (Å²) in [6, 6.07) is 8.11. The monoisotopic (exact) mass is 375 g/mol. The van der Waals surface area contributed by atoms with Crippen molar-refractivity contribution in [3.8, 4) is 5.82 Å². The second-order valence-electron chi connectivity index (χ2n) is 6.11. The molecule has 0 spiro atoms. The third-order valence-corrected chi connectivity index (χ3v) is 3.85. The summed E-state index contributed by atoms with van der Waals surface area (Å²) in [4.78, 5) is 20.0. The Hall–Kier alpha value is -3.23. The Kier molecular flexibility index (Phi) is 4.69. The fourth-order valence-corrected chi connectivity index (χ4v) is 2.70. The summed E-state index contributed by atoms with van der Waals surface area (Å²) in [6.45, 7) is 3.63. The van der Waals surface area contributed by atoms with Gasteiger partial charge in [0.25, 0.3) is 5.91 Å². The summed E-state index contributed by atoms with van der Waals surface area (Å²) in [7, 11) is 0. The fourth-order valence-electron chi connectivity index (χ4n) is 2.70. The van der Waals surface area contributed by atoms with Gasteiger partial charge in [-0.25, -0.2) is 14.6 Å². The normalized spacial score (nSPS) is 11.6. The van der Waals surface area contributed by atoms with Crippen LogP contribution in [0.3, 0.4) is 0 Å². The molecule has 3 rings (SSSR count). The van der Waals surface area contributed by atoms with Crippen LogP contribution in [0.1, 0.15) is 38.8 Å². The molecule has 9 heteroatoms. The Morgan fingerprint density at radius 2 is 1.89 bits per heavy atom. The minimum absolute atomic E-state index is 0.0112. The van der Waals surface area contributed by atoms with Gasteiger partial charge in [-0.15, -0.1) is 0 Å². The highest BCUT2D eigenvalue weighted by Gasteiger charge is 2.30. The molecule has 0 bridgehead atoms. The zero-order chi connectivity index (χ0) is 19.8. The summed E-state index contributed by atoms with van der Waals surface area (Å²) in [5.74, 6) is -0.259. The highest BCUT2D eigenvalue weighted by molar-refractivity contribution is 5.91. The Morgan fingerprint density at radius 1 is 1.15 bits per heavy atom. The minimum atomic E-state index is -4.44. The second kappa shape index (κ2) is 6.82. The van der Waals surface area contributed by atoms with Crippen LogP contribution in [0.2, 0.25) is 0 Å². The number of primary amides is 1. The van der Waals surface area contributed by atoms with Crippen molar-refractivity contribution < 1.29 is 18.0 Å². The lowest BCUT2D eigenvalue weighted by molar-refractivity contribution is -0.137. The van der Waals surface area contributed by atoms with Gasteiger partial charge in [-0.05, 0) is 31.5 Å². The van der Waals surface area contributed by atoms with Gasteiger partial charge in [0.05, 0.1) is 11.3 Å². The number of nitrogens with zero attached hydrogens (tertiary/aromatic N) is 4. The second-order valence-corrected chi connectivity index (χ2v) is 6.11. The molecule has 0 atom stereocenters. The third-order valence-electron chi connectivity index (χ3n) is 3.85. The van der Waals surface area contributed by atoms with Crippen molar-refractivity contribution in [1.29, 1.82) is 0 Å². The molecule has 0 aliphatic rings. The molecular weight excluding hydrogens is 359 g/mol. The number of benzene rings is 1. The smallest absolute Gasteiger partial charge is 0.364 e. The highest BCUT2D eigenvalue weighted by Crippen LogP contribution is 2.29. The lowest BCUT2D eigenvalue weighted by atomic mass is 10.1. The van der Waals surface area contributed by atoms with Crippen LogP contribution < -0.4 is 5.73 Å². The molecule has 1 amide bonds. The van der Waals surface area contributed by atoms with Gasteiger partial charge in [-0.1, -0.05) is 18.2 Å². The number of carbonyl (C=O) groups excluding carboxylic acids is 1. The highest BCUT2D eigenvalue weighted by atomic mass is 19.4. The molecule has 27 heavy (non-hydrogen) atoms. The molecule has 0 aliphatic heterocycles. The largest absolute Gasteiger partial charge is 0.416 e. The molecule has 1 aromatic carbocycles. The van der Waals surface area contributed by atoms with Crippen LogP contribution in [-0.4, -0.2) is 25.7 Å². The van der Waals surface area contributed by atoms with E-state index < -0.39 is 17.6 Å². The molecule has 2 heterocycles. The van der Waals surface area contributed by atoms with Crippen LogP contribution in [0.5, 0.6) is 0 Å². The number of hydrogen-bond acceptors (Lipinski definition) is 4. The van der Waals surface area contributed by atoms with Crippen molar-refractivity contribution in [3.63, 3.8) is 0 Å². The van der Waals surface area contributed by atoms with Gasteiger partial charge >= 0.3 is 6.18 Å². The maximum absolute atomic E-state index is 12.9. The predicted octanol–water partition coefficient (Wildman–Crippen LogP) is 2.99. The molecule has 2 N–H and O–H groups in total. The van der Waals surface area contributed by atoms with Crippen molar-refractivity contribution in [2.75, 3.05) is 0 Å². The first-order chi connectivity index (χ1) is 12.6. The van der Waals surface area contributed by atoms with Crippen LogP contribution >= 0.6 is 0 Å². The Bertz CT molecular complexity index is 1010. The number of hydrogen-bond donors (Lipinski definition) is 1. The van der Waals surface area contributed by atoms with Crippen LogP contribution in [0.15, 0.2) is 36.4 Å². The van der Waals surface area contributed by atoms with E-state index in [-0.39, 0.29) is 17.9 Å². The standard InChI is InChI=1S/C18H16F3N5O/c1-10-6-11(2)26(25-10)16-9-14(17(22)27)23-15(24-16)8-12-4-3-5-13(7-12)18(19,20)21/h3-7,9H,8H2,1-2H3,(H2,22,27). The lowest BCUT2D eigenvalue weighted by Crippen LogP contribution is -2.17. The first kappa shape index (κ1) is 18.6. The number of amides is 1. The number of halogens is 3. The molecule has 3 aromatic rings. The SMILES string of the molecule is Cc1cc(C)n(-c2cc(C(N)=O)nc(Cc3cccc(C(F)(F)F)c3)n2)n1. The zero-order valence-corrected chi connectivity index (χ0v) is 14.6. The van der Waals surface area contributed by atoms with Gasteiger partial charge in [0.1, 0.15) is 11.5 Å². The van der Waals surface area contributed by atoms with Crippen molar-refractivity contribution in [2.24, 2.45) is 5.73 Å². The number of rotatable bonds is 4. The van der Waals surface area contributed by atoms with E-state index in [4.69, 9.17) is 5.73 Å². The van der Waals surface area contributed by atoms with E-state index in [2.05, 4.69) is 15.1 Å². The van der Waals surface area contributed by atoms with E-state index in [1.807, 2.05) is 19.9 Å². The minimum Gasteiger partial charge on any atom is -0.364 e. The summed E-state index contributed by atoms with van der Waals surface area (Å²) in [5.41, 5.74) is 6.45. The Balaban J connectivity index is 2.03. The summed E-state index contributed by atoms with van der Waals surface area (Å²) >= 11 is 0. The number of nitrogens with two attached hydrogens (primary N) is 1.